The van der Waals surface area contributed by atoms with Crippen molar-refractivity contribution in [2.75, 3.05) is 20.2 Å². The van der Waals surface area contributed by atoms with Crippen LogP contribution in [-0.4, -0.2) is 36.1 Å². The highest BCUT2D eigenvalue weighted by Crippen LogP contribution is 2.22. The molecule has 1 aromatic carbocycles. The number of hydrogen-bond donors (Lipinski definition) is 1. The van der Waals surface area contributed by atoms with Crippen molar-refractivity contribution >= 4 is 5.91 Å². The number of carbonyl (C=O) groups excluding carboxylic acids is 1. The predicted octanol–water partition coefficient (Wildman–Crippen LogP) is 3.22. The molecule has 0 aromatic heterocycles. The molecule has 0 fully saturated rings. The smallest absolute Gasteiger partial charge is 0.253 e. The quantitative estimate of drug-likeness (QED) is 0.811. The average molecular weight is 277 g/mol. The Balaban J connectivity index is 2.59. The zero-order valence-electron chi connectivity index (χ0n) is 13.1. The van der Waals surface area contributed by atoms with Crippen LogP contribution >= 0.6 is 0 Å². The number of rotatable bonds is 6. The first-order valence-corrected chi connectivity index (χ1v) is 7.33. The summed E-state index contributed by atoms with van der Waals surface area (Å²) in [4.78, 5) is 14.0. The van der Waals surface area contributed by atoms with Gasteiger partial charge in [-0.2, -0.15) is 0 Å². The van der Waals surface area contributed by atoms with Crippen molar-refractivity contribution in [1.82, 2.24) is 4.90 Å². The maximum absolute atomic E-state index is 12.2. The second-order valence-corrected chi connectivity index (χ2v) is 6.34. The summed E-state index contributed by atoms with van der Waals surface area (Å²) in [7, 11) is 1.83. The van der Waals surface area contributed by atoms with Gasteiger partial charge < -0.3 is 10.0 Å². The van der Waals surface area contributed by atoms with E-state index >= 15 is 0 Å². The van der Waals surface area contributed by atoms with Crippen LogP contribution in [0.2, 0.25) is 0 Å². The summed E-state index contributed by atoms with van der Waals surface area (Å²) in [6.45, 7) is 7.46. The van der Waals surface area contributed by atoms with Gasteiger partial charge in [0.25, 0.3) is 5.91 Å². The number of carbonyl (C=O) groups is 1. The number of aliphatic hydroxyl groups is 1. The van der Waals surface area contributed by atoms with Crippen molar-refractivity contribution < 1.29 is 9.90 Å². The van der Waals surface area contributed by atoms with Crippen LogP contribution in [0.4, 0.5) is 0 Å². The summed E-state index contributed by atoms with van der Waals surface area (Å²) >= 11 is 0. The fourth-order valence-electron chi connectivity index (χ4n) is 2.07. The Hall–Kier alpha value is -1.35. The summed E-state index contributed by atoms with van der Waals surface area (Å²) in [6, 6.07) is 7.89. The van der Waals surface area contributed by atoms with Crippen LogP contribution in [0.3, 0.4) is 0 Å². The lowest BCUT2D eigenvalue weighted by Gasteiger charge is -2.20. The number of nitrogens with zero attached hydrogens (tertiary/aromatic N) is 1. The third-order valence-corrected chi connectivity index (χ3v) is 3.50. The van der Waals surface area contributed by atoms with Crippen LogP contribution in [0.5, 0.6) is 0 Å². The molecule has 3 nitrogen and oxygen atoms in total. The Kier molecular flexibility index (Phi) is 6.21. The highest BCUT2D eigenvalue weighted by atomic mass is 16.2. The minimum absolute atomic E-state index is 0.0643. The normalized spacial score (nSPS) is 11.4. The SMILES string of the molecule is CN(CCCCCO)C(=O)c1ccc(C(C)(C)C)cc1. The van der Waals surface area contributed by atoms with Crippen LogP contribution in [0.1, 0.15) is 56.0 Å². The fourth-order valence-corrected chi connectivity index (χ4v) is 2.07. The molecule has 0 radical (unpaired) electrons. The molecule has 1 amide bonds. The molecule has 1 aromatic rings. The minimum atomic E-state index is 0.0643. The summed E-state index contributed by atoms with van der Waals surface area (Å²) in [6.07, 6.45) is 2.70. The molecule has 0 heterocycles. The van der Waals surface area contributed by atoms with E-state index in [1.165, 1.54) is 5.56 Å². The van der Waals surface area contributed by atoms with E-state index in [0.29, 0.717) is 0 Å². The second-order valence-electron chi connectivity index (χ2n) is 6.34. The minimum Gasteiger partial charge on any atom is -0.396 e. The van der Waals surface area contributed by atoms with Gasteiger partial charge in [0.05, 0.1) is 0 Å². The molecule has 112 valence electrons. The zero-order chi connectivity index (χ0) is 15.2. The zero-order valence-corrected chi connectivity index (χ0v) is 13.1. The van der Waals surface area contributed by atoms with E-state index in [1.54, 1.807) is 4.90 Å². The van der Waals surface area contributed by atoms with Crippen molar-refractivity contribution in [2.45, 2.75) is 45.4 Å². The summed E-state index contributed by atoms with van der Waals surface area (Å²) in [5.41, 5.74) is 2.08. The van der Waals surface area contributed by atoms with Gasteiger partial charge in [-0.3, -0.25) is 4.79 Å². The van der Waals surface area contributed by atoms with Crippen molar-refractivity contribution in [3.63, 3.8) is 0 Å². The van der Waals surface area contributed by atoms with E-state index in [1.807, 2.05) is 31.3 Å². The standard InChI is InChI=1S/C17H27NO2/c1-17(2,3)15-10-8-14(9-11-15)16(20)18(4)12-6-5-7-13-19/h8-11,19H,5-7,12-13H2,1-4H3. The molecule has 0 unspecified atom stereocenters. The van der Waals surface area contributed by atoms with E-state index in [4.69, 9.17) is 5.11 Å². The molecule has 1 N–H and O–H groups in total. The largest absolute Gasteiger partial charge is 0.396 e. The maximum Gasteiger partial charge on any atom is 0.253 e. The van der Waals surface area contributed by atoms with E-state index in [-0.39, 0.29) is 17.9 Å². The molecule has 20 heavy (non-hydrogen) atoms. The molecule has 0 atom stereocenters. The van der Waals surface area contributed by atoms with Gasteiger partial charge in [0.2, 0.25) is 0 Å². The maximum atomic E-state index is 12.2. The molecule has 0 saturated carbocycles. The molecular weight excluding hydrogens is 250 g/mol. The third-order valence-electron chi connectivity index (χ3n) is 3.50. The lowest BCUT2D eigenvalue weighted by atomic mass is 9.86. The summed E-state index contributed by atoms with van der Waals surface area (Å²) < 4.78 is 0. The van der Waals surface area contributed by atoms with Crippen molar-refractivity contribution in [2.24, 2.45) is 0 Å². The van der Waals surface area contributed by atoms with E-state index in [9.17, 15) is 4.79 Å². The molecule has 0 bridgehead atoms. The highest BCUT2D eigenvalue weighted by Gasteiger charge is 2.15. The van der Waals surface area contributed by atoms with Crippen LogP contribution in [0.15, 0.2) is 24.3 Å². The predicted molar refractivity (Wildman–Crippen MR) is 83.0 cm³/mol. The van der Waals surface area contributed by atoms with E-state index in [2.05, 4.69) is 20.8 Å². The average Bonchev–Trinajstić information content (AvgIpc) is 2.41. The first-order chi connectivity index (χ1) is 9.36. The van der Waals surface area contributed by atoms with Crippen molar-refractivity contribution in [1.29, 1.82) is 0 Å². The van der Waals surface area contributed by atoms with Crippen molar-refractivity contribution in [3.05, 3.63) is 35.4 Å². The van der Waals surface area contributed by atoms with Gasteiger partial charge in [-0.25, -0.2) is 0 Å². The van der Waals surface area contributed by atoms with Gasteiger partial charge in [0.1, 0.15) is 0 Å². The van der Waals surface area contributed by atoms with Crippen molar-refractivity contribution in [3.8, 4) is 0 Å². The Morgan fingerprint density at radius 3 is 2.20 bits per heavy atom. The second kappa shape index (κ2) is 7.44. The number of amides is 1. The molecule has 0 aliphatic heterocycles. The van der Waals surface area contributed by atoms with E-state index < -0.39 is 0 Å². The molecule has 0 aliphatic rings. The van der Waals surface area contributed by atoms with Crippen LogP contribution in [0, 0.1) is 0 Å². The molecule has 0 aliphatic carbocycles. The fraction of sp³-hybridized carbons (Fsp3) is 0.588. The number of unbranched alkanes of at least 4 members (excludes halogenated alkanes) is 2. The van der Waals surface area contributed by atoms with E-state index in [0.717, 1.165) is 31.4 Å². The van der Waals surface area contributed by atoms with Crippen LogP contribution < -0.4 is 0 Å². The number of hydrogen-bond acceptors (Lipinski definition) is 2. The molecule has 1 rings (SSSR count). The number of aliphatic hydroxyl groups excluding tert-OH is 1. The lowest BCUT2D eigenvalue weighted by Crippen LogP contribution is -2.27. The Morgan fingerprint density at radius 2 is 1.70 bits per heavy atom. The molecule has 0 spiro atoms. The highest BCUT2D eigenvalue weighted by molar-refractivity contribution is 5.94. The topological polar surface area (TPSA) is 40.5 Å². The molecular formula is C17H27NO2. The van der Waals surface area contributed by atoms with Gasteiger partial charge in [-0.15, -0.1) is 0 Å². The summed E-state index contributed by atoms with van der Waals surface area (Å²) in [5, 5.41) is 8.73. The van der Waals surface area contributed by atoms with Gasteiger partial charge in [-0.05, 0) is 42.4 Å². The van der Waals surface area contributed by atoms with Gasteiger partial charge in [-0.1, -0.05) is 32.9 Å². The van der Waals surface area contributed by atoms with Crippen LogP contribution in [0.25, 0.3) is 0 Å². The lowest BCUT2D eigenvalue weighted by molar-refractivity contribution is 0.0792. The first-order valence-electron chi connectivity index (χ1n) is 7.33. The van der Waals surface area contributed by atoms with Gasteiger partial charge >= 0.3 is 0 Å². The molecule has 0 saturated heterocycles. The third kappa shape index (κ3) is 4.97. The Morgan fingerprint density at radius 1 is 1.10 bits per heavy atom. The summed E-state index contributed by atoms with van der Waals surface area (Å²) in [5.74, 6) is 0.0643. The monoisotopic (exact) mass is 277 g/mol. The Labute approximate surface area is 122 Å². The first kappa shape index (κ1) is 16.7. The van der Waals surface area contributed by atoms with Gasteiger partial charge in [0.15, 0.2) is 0 Å². The van der Waals surface area contributed by atoms with Crippen LogP contribution in [-0.2, 0) is 5.41 Å². The van der Waals surface area contributed by atoms with Gasteiger partial charge in [0, 0.05) is 25.8 Å². The molecule has 3 heteroatoms. The number of benzene rings is 1. The Bertz CT molecular complexity index is 418.